The summed E-state index contributed by atoms with van der Waals surface area (Å²) >= 11 is 0. The number of benzene rings is 1. The molecule has 160 valence electrons. The summed E-state index contributed by atoms with van der Waals surface area (Å²) in [6.45, 7) is 10.7. The molecular formula is C24H37N3O2. The van der Waals surface area contributed by atoms with Crippen LogP contribution in [0.2, 0.25) is 0 Å². The summed E-state index contributed by atoms with van der Waals surface area (Å²) in [6.07, 6.45) is 5.31. The molecule has 2 aliphatic heterocycles. The van der Waals surface area contributed by atoms with Crippen molar-refractivity contribution >= 4 is 5.91 Å². The Kier molecular flexibility index (Phi) is 6.57. The minimum absolute atomic E-state index is 0.218. The number of carbonyl (C=O) groups excluding carboxylic acids is 1. The van der Waals surface area contributed by atoms with Crippen LogP contribution in [0.1, 0.15) is 42.4 Å². The normalized spacial score (nSPS) is 30.6. The molecular weight excluding hydrogens is 362 g/mol. The number of rotatable bonds is 5. The largest absolute Gasteiger partial charge is 0.379 e. The van der Waals surface area contributed by atoms with Gasteiger partial charge in [0.1, 0.15) is 0 Å². The predicted octanol–water partition coefficient (Wildman–Crippen LogP) is 2.44. The zero-order valence-electron chi connectivity index (χ0n) is 18.1. The molecule has 0 aromatic heterocycles. The Morgan fingerprint density at radius 1 is 1.24 bits per heavy atom. The van der Waals surface area contributed by atoms with E-state index in [1.165, 1.54) is 16.7 Å². The van der Waals surface area contributed by atoms with E-state index in [0.29, 0.717) is 12.0 Å². The zero-order chi connectivity index (χ0) is 20.3. The molecule has 2 heterocycles. The topological polar surface area (TPSA) is 53.6 Å². The molecule has 4 rings (SSSR count). The lowest BCUT2D eigenvalue weighted by molar-refractivity contribution is -0.140. The standard InChI is InChI=1S/C24H37N3O2/c1-18-3-4-20(15-19(18)2)6-10-26-23(28)24-8-5-22(27-11-13-29-14-12-27)16-21(24)7-9-25-17-24/h3-4,15,21-22,25H,5-14,16-17H2,1-2H3,(H,26,28)/t21-,22+,24-/m1/s1. The number of fused-ring (bicyclic) bond motifs is 1. The van der Waals surface area contributed by atoms with Gasteiger partial charge in [-0.05, 0) is 75.1 Å². The lowest BCUT2D eigenvalue weighted by Gasteiger charge is -2.50. The summed E-state index contributed by atoms with van der Waals surface area (Å²) in [6, 6.07) is 7.24. The fraction of sp³-hybridized carbons (Fsp3) is 0.708. The lowest BCUT2D eigenvalue weighted by atomic mass is 9.61. The van der Waals surface area contributed by atoms with Crippen LogP contribution in [0.5, 0.6) is 0 Å². The van der Waals surface area contributed by atoms with Gasteiger partial charge < -0.3 is 15.4 Å². The summed E-state index contributed by atoms with van der Waals surface area (Å²) in [4.78, 5) is 16.0. The number of ether oxygens (including phenoxy) is 1. The highest BCUT2D eigenvalue weighted by Gasteiger charge is 2.50. The summed E-state index contributed by atoms with van der Waals surface area (Å²) in [5.41, 5.74) is 3.74. The summed E-state index contributed by atoms with van der Waals surface area (Å²) in [5, 5.41) is 6.83. The number of morpholine rings is 1. The maximum atomic E-state index is 13.4. The van der Waals surface area contributed by atoms with Crippen molar-refractivity contribution in [1.29, 1.82) is 0 Å². The quantitative estimate of drug-likeness (QED) is 0.799. The number of carbonyl (C=O) groups is 1. The SMILES string of the molecule is Cc1ccc(CCNC(=O)[C@@]23CC[C@H](N4CCOCC4)C[C@H]2CCNC3)cc1C. The molecule has 29 heavy (non-hydrogen) atoms. The third-order valence-electron chi connectivity index (χ3n) is 7.66. The van der Waals surface area contributed by atoms with Gasteiger partial charge in [0.15, 0.2) is 0 Å². The van der Waals surface area contributed by atoms with Crippen molar-refractivity contribution in [2.24, 2.45) is 11.3 Å². The smallest absolute Gasteiger partial charge is 0.227 e. The Morgan fingerprint density at radius 2 is 2.07 bits per heavy atom. The van der Waals surface area contributed by atoms with Gasteiger partial charge in [0.25, 0.3) is 0 Å². The molecule has 3 fully saturated rings. The molecule has 2 saturated heterocycles. The van der Waals surface area contributed by atoms with Gasteiger partial charge in [-0.3, -0.25) is 9.69 Å². The van der Waals surface area contributed by atoms with Crippen LogP contribution in [0, 0.1) is 25.2 Å². The van der Waals surface area contributed by atoms with Gasteiger partial charge in [0.05, 0.1) is 18.6 Å². The summed E-state index contributed by atoms with van der Waals surface area (Å²) in [7, 11) is 0. The minimum Gasteiger partial charge on any atom is -0.379 e. The molecule has 3 atom stereocenters. The molecule has 2 N–H and O–H groups in total. The van der Waals surface area contributed by atoms with E-state index in [1.807, 2.05) is 0 Å². The second-order valence-corrected chi connectivity index (χ2v) is 9.32. The molecule has 1 amide bonds. The molecule has 0 bridgehead atoms. The van der Waals surface area contributed by atoms with E-state index < -0.39 is 0 Å². The Hall–Kier alpha value is -1.43. The third kappa shape index (κ3) is 4.52. The van der Waals surface area contributed by atoms with Crippen molar-refractivity contribution < 1.29 is 9.53 Å². The molecule has 0 radical (unpaired) electrons. The molecule has 5 nitrogen and oxygen atoms in total. The molecule has 1 aromatic rings. The number of hydrogen-bond acceptors (Lipinski definition) is 4. The van der Waals surface area contributed by atoms with E-state index >= 15 is 0 Å². The van der Waals surface area contributed by atoms with Gasteiger partial charge in [-0.15, -0.1) is 0 Å². The van der Waals surface area contributed by atoms with Crippen molar-refractivity contribution in [3.8, 4) is 0 Å². The highest BCUT2D eigenvalue weighted by atomic mass is 16.5. The maximum absolute atomic E-state index is 13.4. The number of nitrogens with zero attached hydrogens (tertiary/aromatic N) is 1. The summed E-state index contributed by atoms with van der Waals surface area (Å²) < 4.78 is 5.53. The van der Waals surface area contributed by atoms with Gasteiger partial charge in [-0.2, -0.15) is 0 Å². The zero-order valence-corrected chi connectivity index (χ0v) is 18.1. The third-order valence-corrected chi connectivity index (χ3v) is 7.66. The molecule has 0 unspecified atom stereocenters. The van der Waals surface area contributed by atoms with Crippen molar-refractivity contribution in [3.63, 3.8) is 0 Å². The fourth-order valence-corrected chi connectivity index (χ4v) is 5.62. The Labute approximate surface area is 175 Å². The van der Waals surface area contributed by atoms with E-state index in [-0.39, 0.29) is 11.3 Å². The second-order valence-electron chi connectivity index (χ2n) is 9.32. The first-order valence-electron chi connectivity index (χ1n) is 11.5. The molecule has 1 aromatic carbocycles. The Morgan fingerprint density at radius 3 is 2.86 bits per heavy atom. The maximum Gasteiger partial charge on any atom is 0.227 e. The Bertz CT molecular complexity index is 716. The molecule has 0 spiro atoms. The molecule has 1 aliphatic carbocycles. The van der Waals surface area contributed by atoms with Gasteiger partial charge >= 0.3 is 0 Å². The number of aryl methyl sites for hydroxylation is 2. The average Bonchev–Trinajstić information content (AvgIpc) is 2.76. The van der Waals surface area contributed by atoms with Crippen molar-refractivity contribution in [2.75, 3.05) is 45.9 Å². The Balaban J connectivity index is 1.36. The minimum atomic E-state index is -0.218. The summed E-state index contributed by atoms with van der Waals surface area (Å²) in [5.74, 6) is 0.769. The molecule has 1 saturated carbocycles. The first kappa shape index (κ1) is 20.8. The van der Waals surface area contributed by atoms with Gasteiger partial charge in [-0.1, -0.05) is 18.2 Å². The van der Waals surface area contributed by atoms with Crippen molar-refractivity contribution in [1.82, 2.24) is 15.5 Å². The van der Waals surface area contributed by atoms with Crippen molar-refractivity contribution in [3.05, 3.63) is 34.9 Å². The van der Waals surface area contributed by atoms with E-state index in [0.717, 1.165) is 78.0 Å². The van der Waals surface area contributed by atoms with E-state index in [2.05, 4.69) is 47.6 Å². The van der Waals surface area contributed by atoms with Crippen LogP contribution in [0.15, 0.2) is 18.2 Å². The first-order valence-corrected chi connectivity index (χ1v) is 11.5. The van der Waals surface area contributed by atoms with E-state index in [1.54, 1.807) is 0 Å². The molecule has 3 aliphatic rings. The monoisotopic (exact) mass is 399 g/mol. The van der Waals surface area contributed by atoms with Crippen molar-refractivity contribution in [2.45, 2.75) is 52.0 Å². The van der Waals surface area contributed by atoms with Gasteiger partial charge in [-0.25, -0.2) is 0 Å². The van der Waals surface area contributed by atoms with Crippen LogP contribution >= 0.6 is 0 Å². The predicted molar refractivity (Wildman–Crippen MR) is 116 cm³/mol. The number of amides is 1. The van der Waals surface area contributed by atoms with Crippen LogP contribution in [0.3, 0.4) is 0 Å². The number of nitrogens with one attached hydrogen (secondary N) is 2. The first-order chi connectivity index (χ1) is 14.1. The van der Waals surface area contributed by atoms with Crippen LogP contribution in [0.4, 0.5) is 0 Å². The highest BCUT2D eigenvalue weighted by Crippen LogP contribution is 2.46. The van der Waals surface area contributed by atoms with Crippen LogP contribution in [-0.2, 0) is 16.0 Å². The van der Waals surface area contributed by atoms with Gasteiger partial charge in [0.2, 0.25) is 5.91 Å². The van der Waals surface area contributed by atoms with E-state index in [4.69, 9.17) is 4.74 Å². The number of piperidine rings is 1. The van der Waals surface area contributed by atoms with Gasteiger partial charge in [0, 0.05) is 32.2 Å². The van der Waals surface area contributed by atoms with E-state index in [9.17, 15) is 4.79 Å². The van der Waals surface area contributed by atoms with Crippen LogP contribution in [0.25, 0.3) is 0 Å². The number of hydrogen-bond donors (Lipinski definition) is 2. The highest BCUT2D eigenvalue weighted by molar-refractivity contribution is 5.83. The fourth-order valence-electron chi connectivity index (χ4n) is 5.62. The van der Waals surface area contributed by atoms with Crippen LogP contribution in [-0.4, -0.2) is 62.8 Å². The lowest BCUT2D eigenvalue weighted by Crippen LogP contribution is -2.60. The molecule has 5 heteroatoms. The van der Waals surface area contributed by atoms with Crippen LogP contribution < -0.4 is 10.6 Å². The average molecular weight is 400 g/mol. The second kappa shape index (κ2) is 9.15.